The molecule has 10 nitrogen and oxygen atoms in total. The number of aromatic nitrogens is 2. The molecule has 3 aromatic rings. The van der Waals surface area contributed by atoms with E-state index >= 15 is 0 Å². The molecular weight excluding hydrogens is 420 g/mol. The summed E-state index contributed by atoms with van der Waals surface area (Å²) in [5.74, 6) is 0.320. The summed E-state index contributed by atoms with van der Waals surface area (Å²) in [7, 11) is 0. The molecule has 3 aliphatic rings. The number of imidazole rings is 1. The summed E-state index contributed by atoms with van der Waals surface area (Å²) in [5.41, 5.74) is 3.17. The van der Waals surface area contributed by atoms with Crippen LogP contribution in [0.15, 0.2) is 52.7 Å². The van der Waals surface area contributed by atoms with Gasteiger partial charge in [0.25, 0.3) is 5.69 Å². The molecule has 2 bridgehead atoms. The summed E-state index contributed by atoms with van der Waals surface area (Å²) in [5, 5.41) is 22.9. The van der Waals surface area contributed by atoms with Crippen LogP contribution in [0.1, 0.15) is 5.56 Å². The van der Waals surface area contributed by atoms with Gasteiger partial charge in [-0.25, -0.2) is 4.98 Å². The number of piperazine rings is 3. The highest BCUT2D eigenvalue weighted by Gasteiger charge is 2.37. The van der Waals surface area contributed by atoms with E-state index < -0.39 is 4.92 Å². The number of aromatic amines is 1. The molecule has 10 heteroatoms. The minimum absolute atomic E-state index is 0.000588. The van der Waals surface area contributed by atoms with Crippen LogP contribution in [-0.2, 0) is 6.42 Å². The van der Waals surface area contributed by atoms with Gasteiger partial charge in [-0.15, -0.1) is 10.2 Å². The first kappa shape index (κ1) is 21.6. The average Bonchev–Trinajstić information content (AvgIpc) is 3.26. The van der Waals surface area contributed by atoms with E-state index in [9.17, 15) is 10.1 Å². The number of non-ortho nitro benzene ring substituents is 1. The maximum atomic E-state index is 10.9. The predicted octanol–water partition coefficient (Wildman–Crippen LogP) is 3.16. The van der Waals surface area contributed by atoms with Crippen molar-refractivity contribution in [1.82, 2.24) is 20.2 Å². The molecule has 0 saturated carbocycles. The summed E-state index contributed by atoms with van der Waals surface area (Å²) in [4.78, 5) is 20.3. The van der Waals surface area contributed by atoms with Gasteiger partial charge < -0.3 is 14.8 Å². The van der Waals surface area contributed by atoms with Crippen LogP contribution < -0.4 is 5.32 Å². The third kappa shape index (κ3) is 5.08. The van der Waals surface area contributed by atoms with E-state index in [1.807, 2.05) is 12.1 Å². The number of hydrogen-bond donors (Lipinski definition) is 2. The minimum atomic E-state index is -0.440. The van der Waals surface area contributed by atoms with E-state index in [0.29, 0.717) is 17.0 Å². The lowest BCUT2D eigenvalue weighted by molar-refractivity contribution is -0.939. The van der Waals surface area contributed by atoms with Crippen LogP contribution in [-0.4, -0.2) is 83.2 Å². The lowest BCUT2D eigenvalue weighted by Gasteiger charge is -2.50. The van der Waals surface area contributed by atoms with Crippen molar-refractivity contribution < 1.29 is 9.41 Å². The Morgan fingerprint density at radius 2 is 1.82 bits per heavy atom. The monoisotopic (exact) mass is 449 g/mol. The number of fused-ring (bicyclic) bond motifs is 4. The molecule has 2 N–H and O–H groups in total. The lowest BCUT2D eigenvalue weighted by Crippen LogP contribution is -2.68. The number of nitrogens with zero attached hydrogens (tertiary/aromatic N) is 6. The van der Waals surface area contributed by atoms with Crippen molar-refractivity contribution >= 4 is 28.4 Å². The molecule has 3 aliphatic heterocycles. The first-order valence-corrected chi connectivity index (χ1v) is 11.5. The van der Waals surface area contributed by atoms with Gasteiger partial charge in [0.2, 0.25) is 5.95 Å². The molecule has 2 aromatic carbocycles. The minimum Gasteiger partial charge on any atom is -0.321 e. The smallest absolute Gasteiger partial charge is 0.271 e. The zero-order chi connectivity index (χ0) is 22.7. The van der Waals surface area contributed by atoms with Crippen LogP contribution in [0.2, 0.25) is 0 Å². The third-order valence-electron chi connectivity index (χ3n) is 6.89. The van der Waals surface area contributed by atoms with E-state index in [2.05, 4.69) is 42.5 Å². The molecule has 172 valence electrons. The van der Waals surface area contributed by atoms with E-state index in [0.717, 1.165) is 25.2 Å². The van der Waals surface area contributed by atoms with Crippen molar-refractivity contribution in [2.45, 2.75) is 6.42 Å². The average molecular weight is 450 g/mol. The van der Waals surface area contributed by atoms with Gasteiger partial charge >= 0.3 is 0 Å². The highest BCUT2D eigenvalue weighted by molar-refractivity contribution is 5.79. The second-order valence-corrected chi connectivity index (χ2v) is 8.96. The van der Waals surface area contributed by atoms with Gasteiger partial charge in [-0.2, -0.15) is 0 Å². The van der Waals surface area contributed by atoms with Gasteiger partial charge in [-0.05, 0) is 36.7 Å². The normalized spacial score (nSPS) is 22.4. The van der Waals surface area contributed by atoms with Crippen LogP contribution in [0.5, 0.6) is 0 Å². The maximum absolute atomic E-state index is 10.9. The largest absolute Gasteiger partial charge is 0.321 e. The van der Waals surface area contributed by atoms with Gasteiger partial charge in [0.05, 0.1) is 47.8 Å². The Kier molecular flexibility index (Phi) is 6.12. The fraction of sp³-hybridized carbons (Fsp3) is 0.435. The molecule has 0 unspecified atom stereocenters. The van der Waals surface area contributed by atoms with Crippen molar-refractivity contribution in [2.75, 3.05) is 58.9 Å². The maximum Gasteiger partial charge on any atom is 0.271 e. The van der Waals surface area contributed by atoms with Crippen LogP contribution in [0.25, 0.3) is 11.0 Å². The zero-order valence-electron chi connectivity index (χ0n) is 18.6. The van der Waals surface area contributed by atoms with E-state index in [1.54, 1.807) is 6.07 Å². The second-order valence-electron chi connectivity index (χ2n) is 8.96. The Hall–Kier alpha value is -3.21. The Morgan fingerprint density at radius 1 is 1.06 bits per heavy atom. The molecule has 33 heavy (non-hydrogen) atoms. The van der Waals surface area contributed by atoms with Crippen molar-refractivity contribution in [2.24, 2.45) is 10.2 Å². The van der Waals surface area contributed by atoms with Crippen molar-refractivity contribution in [3.8, 4) is 0 Å². The SMILES string of the molecule is O=[N+]([O-])c1ccc2[nH]c(N=Nc3ccc(CCNCC[N+]45CCN(CC4)CC5)cc3)nc2c1. The number of nitrogens with one attached hydrogen (secondary N) is 2. The molecule has 0 atom stereocenters. The Labute approximate surface area is 192 Å². The predicted molar refractivity (Wildman–Crippen MR) is 126 cm³/mol. The van der Waals surface area contributed by atoms with Gasteiger partial charge in [0.1, 0.15) is 0 Å². The summed E-state index contributed by atoms with van der Waals surface area (Å²) in [6.45, 7) is 11.0. The molecule has 0 amide bonds. The second kappa shape index (κ2) is 9.34. The van der Waals surface area contributed by atoms with Gasteiger partial charge in [0, 0.05) is 38.3 Å². The first-order valence-electron chi connectivity index (χ1n) is 11.5. The number of hydrogen-bond acceptors (Lipinski definition) is 7. The number of nitro benzene ring substituents is 1. The quantitative estimate of drug-likeness (QED) is 0.171. The standard InChI is InChI=1S/C23H29N8O2/c32-30(33)20-5-6-21-22(17-20)26-23(25-21)28-27-19-3-1-18(2-4-19)7-8-24-9-13-31-14-10-29(11-15-31)12-16-31/h1-6,17,24H,7-16H2,(H,25,26)/q+1. The molecule has 3 fully saturated rings. The molecule has 3 saturated heterocycles. The highest BCUT2D eigenvalue weighted by Crippen LogP contribution is 2.23. The summed E-state index contributed by atoms with van der Waals surface area (Å²) in [6, 6.07) is 12.5. The Balaban J connectivity index is 1.09. The van der Waals surface area contributed by atoms with E-state index in [1.165, 1.54) is 68.0 Å². The number of H-pyrrole nitrogens is 1. The zero-order valence-corrected chi connectivity index (χ0v) is 18.6. The molecule has 0 aliphatic carbocycles. The van der Waals surface area contributed by atoms with Crippen LogP contribution >= 0.6 is 0 Å². The molecule has 6 rings (SSSR count). The Morgan fingerprint density at radius 3 is 2.55 bits per heavy atom. The molecule has 4 heterocycles. The number of nitro groups is 1. The summed E-state index contributed by atoms with van der Waals surface area (Å²) >= 11 is 0. The summed E-state index contributed by atoms with van der Waals surface area (Å²) < 4.78 is 1.30. The summed E-state index contributed by atoms with van der Waals surface area (Å²) in [6.07, 6.45) is 0.980. The highest BCUT2D eigenvalue weighted by atomic mass is 16.6. The number of rotatable bonds is 9. The topological polar surface area (TPSA) is 112 Å². The van der Waals surface area contributed by atoms with Crippen LogP contribution in [0, 0.1) is 10.1 Å². The lowest BCUT2D eigenvalue weighted by atomic mass is 10.1. The van der Waals surface area contributed by atoms with Gasteiger partial charge in [-0.3, -0.25) is 15.0 Å². The van der Waals surface area contributed by atoms with Crippen LogP contribution in [0.3, 0.4) is 0 Å². The van der Waals surface area contributed by atoms with Crippen molar-refractivity contribution in [3.05, 3.63) is 58.1 Å². The molecular formula is C23H29N8O2+. The Bertz CT molecular complexity index is 1140. The van der Waals surface area contributed by atoms with Crippen molar-refractivity contribution in [1.29, 1.82) is 0 Å². The molecule has 1 aromatic heterocycles. The van der Waals surface area contributed by atoms with Gasteiger partial charge in [0.15, 0.2) is 0 Å². The van der Waals surface area contributed by atoms with E-state index in [-0.39, 0.29) is 5.69 Å². The molecule has 0 spiro atoms. The number of benzene rings is 2. The van der Waals surface area contributed by atoms with Crippen molar-refractivity contribution in [3.63, 3.8) is 0 Å². The van der Waals surface area contributed by atoms with Gasteiger partial charge in [-0.1, -0.05) is 12.1 Å². The number of azo groups is 1. The molecule has 0 radical (unpaired) electrons. The first-order chi connectivity index (χ1) is 16.1. The fourth-order valence-corrected chi connectivity index (χ4v) is 4.72. The number of quaternary nitrogens is 1. The third-order valence-corrected chi connectivity index (χ3v) is 6.89. The van der Waals surface area contributed by atoms with E-state index in [4.69, 9.17) is 0 Å². The fourth-order valence-electron chi connectivity index (χ4n) is 4.72. The van der Waals surface area contributed by atoms with Crippen LogP contribution in [0.4, 0.5) is 17.3 Å².